The number of carboxylic acid groups (broad SMARTS) is 1. The van der Waals surface area contributed by atoms with E-state index < -0.39 is 5.97 Å². The number of aromatic nitrogens is 1. The van der Waals surface area contributed by atoms with E-state index in [1.807, 2.05) is 6.92 Å². The smallest absolute Gasteiger partial charge is 0.358 e. The van der Waals surface area contributed by atoms with E-state index in [-0.39, 0.29) is 5.69 Å². The first-order valence-electron chi connectivity index (χ1n) is 5.61. The lowest BCUT2D eigenvalue weighted by Crippen LogP contribution is -1.96. The van der Waals surface area contributed by atoms with E-state index in [0.717, 1.165) is 5.56 Å². The topological polar surface area (TPSA) is 81.8 Å². The Labute approximate surface area is 123 Å². The first kappa shape index (κ1) is 14.4. The summed E-state index contributed by atoms with van der Waals surface area (Å²) in [5, 5.41) is 12.4. The van der Waals surface area contributed by atoms with E-state index in [1.165, 1.54) is 13.2 Å². The van der Waals surface area contributed by atoms with Crippen LogP contribution in [0.4, 0.5) is 0 Å². The summed E-state index contributed by atoms with van der Waals surface area (Å²) in [5.74, 6) is 0.266. The number of rotatable bonds is 4. The van der Waals surface area contributed by atoms with Crippen LogP contribution in [0.1, 0.15) is 16.1 Å². The highest BCUT2D eigenvalue weighted by Crippen LogP contribution is 2.44. The van der Waals surface area contributed by atoms with E-state index in [1.54, 1.807) is 13.2 Å². The van der Waals surface area contributed by atoms with Crippen LogP contribution in [-0.2, 0) is 0 Å². The van der Waals surface area contributed by atoms with Crippen molar-refractivity contribution in [2.45, 2.75) is 6.92 Å². The minimum absolute atomic E-state index is 0.152. The third-order valence-corrected chi connectivity index (χ3v) is 3.54. The minimum atomic E-state index is -1.14. The fourth-order valence-electron chi connectivity index (χ4n) is 1.87. The Morgan fingerprint density at radius 2 is 2.05 bits per heavy atom. The van der Waals surface area contributed by atoms with Gasteiger partial charge in [0.2, 0.25) is 0 Å². The summed E-state index contributed by atoms with van der Waals surface area (Å²) in [5.41, 5.74) is 1.35. The summed E-state index contributed by atoms with van der Waals surface area (Å²) >= 11 is 3.43. The Morgan fingerprint density at radius 3 is 2.55 bits per heavy atom. The van der Waals surface area contributed by atoms with Crippen molar-refractivity contribution in [2.24, 2.45) is 0 Å². The molecule has 0 atom stereocenters. The monoisotopic (exact) mass is 341 g/mol. The highest BCUT2D eigenvalue weighted by Gasteiger charge is 2.21. The highest BCUT2D eigenvalue weighted by molar-refractivity contribution is 9.10. The summed E-state index contributed by atoms with van der Waals surface area (Å²) in [7, 11) is 3.06. The molecule has 0 saturated heterocycles. The summed E-state index contributed by atoms with van der Waals surface area (Å²) in [6, 6.07) is 3.14. The maximum atomic E-state index is 10.9. The number of carboxylic acids is 1. The number of carbonyl (C=O) groups is 1. The number of aromatic carboxylic acids is 1. The molecule has 1 aromatic heterocycles. The van der Waals surface area contributed by atoms with Crippen molar-refractivity contribution in [2.75, 3.05) is 14.2 Å². The van der Waals surface area contributed by atoms with E-state index in [9.17, 15) is 4.79 Å². The van der Waals surface area contributed by atoms with Crippen molar-refractivity contribution in [3.8, 4) is 22.8 Å². The van der Waals surface area contributed by atoms with Crippen molar-refractivity contribution in [1.29, 1.82) is 0 Å². The van der Waals surface area contributed by atoms with Gasteiger partial charge in [0.1, 0.15) is 0 Å². The van der Waals surface area contributed by atoms with Crippen LogP contribution < -0.4 is 9.47 Å². The molecule has 1 N–H and O–H groups in total. The lowest BCUT2D eigenvalue weighted by atomic mass is 10.0. The number of hydrogen-bond acceptors (Lipinski definition) is 5. The molecule has 6 nitrogen and oxygen atoms in total. The van der Waals surface area contributed by atoms with Gasteiger partial charge in [-0.15, -0.1) is 0 Å². The van der Waals surface area contributed by atoms with Crippen molar-refractivity contribution < 1.29 is 23.9 Å². The second-order valence-corrected chi connectivity index (χ2v) is 4.79. The summed E-state index contributed by atoms with van der Waals surface area (Å²) in [4.78, 5) is 10.9. The summed E-state index contributed by atoms with van der Waals surface area (Å²) < 4.78 is 16.2. The van der Waals surface area contributed by atoms with Gasteiger partial charge in [-0.3, -0.25) is 0 Å². The van der Waals surface area contributed by atoms with Crippen molar-refractivity contribution in [1.82, 2.24) is 5.16 Å². The Balaban J connectivity index is 2.64. The molecule has 0 aliphatic rings. The number of ether oxygens (including phenoxy) is 2. The fourth-order valence-corrected chi connectivity index (χ4v) is 2.73. The molecule has 20 heavy (non-hydrogen) atoms. The normalized spacial score (nSPS) is 10.4. The molecule has 1 aromatic carbocycles. The molecule has 2 rings (SSSR count). The molecule has 7 heteroatoms. The Kier molecular flexibility index (Phi) is 3.99. The molecule has 106 valence electrons. The molecule has 0 unspecified atom stereocenters. The van der Waals surface area contributed by atoms with Crippen LogP contribution in [0, 0.1) is 6.92 Å². The molecule has 0 saturated carbocycles. The van der Waals surface area contributed by atoms with Gasteiger partial charge in [-0.2, -0.15) is 0 Å². The standard InChI is InChI=1S/C13H12BrNO5/c1-6-4-9(18-2)12(19-3)11(14)10(6)8-5-7(13(16)17)15-20-8/h4-5H,1-3H3,(H,16,17). The zero-order valence-electron chi connectivity index (χ0n) is 11.1. The molecule has 0 fully saturated rings. The van der Waals surface area contributed by atoms with Gasteiger partial charge in [0.15, 0.2) is 23.0 Å². The predicted octanol–water partition coefficient (Wildman–Crippen LogP) is 3.13. The Morgan fingerprint density at radius 1 is 1.35 bits per heavy atom. The van der Waals surface area contributed by atoms with E-state index in [4.69, 9.17) is 19.1 Å². The maximum absolute atomic E-state index is 10.9. The lowest BCUT2D eigenvalue weighted by molar-refractivity contribution is 0.0686. The van der Waals surface area contributed by atoms with Crippen LogP contribution in [0.25, 0.3) is 11.3 Å². The van der Waals surface area contributed by atoms with Crippen LogP contribution in [0.5, 0.6) is 11.5 Å². The van der Waals surface area contributed by atoms with Crippen LogP contribution in [-0.4, -0.2) is 30.5 Å². The average Bonchev–Trinajstić information content (AvgIpc) is 2.87. The SMILES string of the molecule is COc1cc(C)c(-c2cc(C(=O)O)no2)c(Br)c1OC. The number of nitrogens with zero attached hydrogens (tertiary/aromatic N) is 1. The van der Waals surface area contributed by atoms with E-state index in [0.29, 0.717) is 27.3 Å². The van der Waals surface area contributed by atoms with Gasteiger partial charge in [-0.1, -0.05) is 5.16 Å². The molecule has 0 bridgehead atoms. The van der Waals surface area contributed by atoms with Gasteiger partial charge in [0.25, 0.3) is 0 Å². The first-order chi connectivity index (χ1) is 9.49. The van der Waals surface area contributed by atoms with Crippen molar-refractivity contribution >= 4 is 21.9 Å². The maximum Gasteiger partial charge on any atom is 0.358 e. The van der Waals surface area contributed by atoms with Crippen LogP contribution in [0.3, 0.4) is 0 Å². The average molecular weight is 342 g/mol. The second-order valence-electron chi connectivity index (χ2n) is 4.00. The van der Waals surface area contributed by atoms with Gasteiger partial charge in [0, 0.05) is 11.6 Å². The zero-order valence-corrected chi connectivity index (χ0v) is 12.6. The van der Waals surface area contributed by atoms with Crippen molar-refractivity contribution in [3.63, 3.8) is 0 Å². The number of benzene rings is 1. The Bertz CT molecular complexity index is 665. The Hall–Kier alpha value is -2.02. The number of hydrogen-bond donors (Lipinski definition) is 1. The molecule has 0 amide bonds. The molecule has 0 spiro atoms. The van der Waals surface area contributed by atoms with E-state index >= 15 is 0 Å². The van der Waals surface area contributed by atoms with Gasteiger partial charge >= 0.3 is 5.97 Å². The van der Waals surface area contributed by atoms with E-state index in [2.05, 4.69) is 21.1 Å². The number of aryl methyl sites for hydroxylation is 1. The van der Waals surface area contributed by atoms with Gasteiger partial charge in [-0.25, -0.2) is 4.79 Å². The van der Waals surface area contributed by atoms with Gasteiger partial charge < -0.3 is 19.1 Å². The first-order valence-corrected chi connectivity index (χ1v) is 6.40. The van der Waals surface area contributed by atoms with Gasteiger partial charge in [0.05, 0.1) is 18.7 Å². The summed E-state index contributed by atoms with van der Waals surface area (Å²) in [6.45, 7) is 1.85. The van der Waals surface area contributed by atoms with Crippen LogP contribution in [0.15, 0.2) is 21.1 Å². The molecule has 0 aliphatic heterocycles. The zero-order chi connectivity index (χ0) is 14.9. The summed E-state index contributed by atoms with van der Waals surface area (Å²) in [6.07, 6.45) is 0. The van der Waals surface area contributed by atoms with Crippen LogP contribution in [0.2, 0.25) is 0 Å². The number of methoxy groups -OCH3 is 2. The third-order valence-electron chi connectivity index (χ3n) is 2.78. The fraction of sp³-hybridized carbons (Fsp3) is 0.231. The highest BCUT2D eigenvalue weighted by atomic mass is 79.9. The van der Waals surface area contributed by atoms with Crippen LogP contribution >= 0.6 is 15.9 Å². The van der Waals surface area contributed by atoms with Crippen molar-refractivity contribution in [3.05, 3.63) is 27.9 Å². The molecular weight excluding hydrogens is 330 g/mol. The number of halogens is 1. The molecule has 1 heterocycles. The molecule has 0 radical (unpaired) electrons. The molecular formula is C13H12BrNO5. The third kappa shape index (κ3) is 2.36. The predicted molar refractivity (Wildman–Crippen MR) is 74.4 cm³/mol. The largest absolute Gasteiger partial charge is 0.493 e. The second kappa shape index (κ2) is 5.54. The minimum Gasteiger partial charge on any atom is -0.493 e. The lowest BCUT2D eigenvalue weighted by Gasteiger charge is -2.14. The molecule has 2 aromatic rings. The van der Waals surface area contributed by atoms with Gasteiger partial charge in [-0.05, 0) is 34.5 Å². The molecule has 0 aliphatic carbocycles. The quantitative estimate of drug-likeness (QED) is 0.919.